The molecule has 0 amide bonds. The van der Waals surface area contributed by atoms with Crippen LogP contribution in [0.25, 0.3) is 21.9 Å². The van der Waals surface area contributed by atoms with Gasteiger partial charge in [-0.2, -0.15) is 0 Å². The van der Waals surface area contributed by atoms with Gasteiger partial charge in [0.05, 0.1) is 0 Å². The van der Waals surface area contributed by atoms with E-state index in [1.807, 2.05) is 24.4 Å². The van der Waals surface area contributed by atoms with E-state index in [9.17, 15) is 0 Å². The highest BCUT2D eigenvalue weighted by Gasteiger charge is 2.02. The summed E-state index contributed by atoms with van der Waals surface area (Å²) in [4.78, 5) is 8.20. The fourth-order valence-electron chi connectivity index (χ4n) is 1.50. The number of fused-ring (bicyclic) bond motifs is 3. The van der Waals surface area contributed by atoms with Crippen LogP contribution >= 0.6 is 0 Å². The molecule has 3 heteroatoms. The molecule has 3 rings (SSSR count). The van der Waals surface area contributed by atoms with Crippen molar-refractivity contribution in [3.8, 4) is 0 Å². The van der Waals surface area contributed by atoms with Crippen molar-refractivity contribution in [3.05, 3.63) is 37.0 Å². The quantitative estimate of drug-likeness (QED) is 0.520. The van der Waals surface area contributed by atoms with Crippen LogP contribution in [0.1, 0.15) is 0 Å². The van der Waals surface area contributed by atoms with Gasteiger partial charge in [0.1, 0.15) is 5.52 Å². The Hall–Kier alpha value is -1.90. The predicted molar refractivity (Wildman–Crippen MR) is 49.3 cm³/mol. The van der Waals surface area contributed by atoms with E-state index in [2.05, 4.69) is 9.97 Å². The Balaban J connectivity index is 2.65. The lowest BCUT2D eigenvalue weighted by Gasteiger charge is -1.94. The smallest absolute Gasteiger partial charge is 0.182 e. The molecular formula is C10H6N2O. The van der Waals surface area contributed by atoms with Gasteiger partial charge >= 0.3 is 0 Å². The molecule has 0 fully saturated rings. The van der Waals surface area contributed by atoms with E-state index in [1.165, 1.54) is 6.39 Å². The zero-order valence-electron chi connectivity index (χ0n) is 6.77. The largest absolute Gasteiger partial charge is 0.443 e. The first-order chi connectivity index (χ1) is 6.45. The number of rotatable bonds is 0. The number of hydrogen-bond acceptors (Lipinski definition) is 3. The van der Waals surface area contributed by atoms with E-state index >= 15 is 0 Å². The average Bonchev–Trinajstić information content (AvgIpc) is 2.65. The molecule has 0 spiro atoms. The lowest BCUT2D eigenvalue weighted by Crippen LogP contribution is -1.76. The zero-order valence-corrected chi connectivity index (χ0v) is 6.77. The summed E-state index contributed by atoms with van der Waals surface area (Å²) in [5.41, 5.74) is 1.72. The van der Waals surface area contributed by atoms with Gasteiger partial charge in [-0.05, 0) is 18.2 Å². The second kappa shape index (κ2) is 2.29. The molecule has 0 N–H and O–H groups in total. The molecule has 0 bridgehead atoms. The number of nitrogens with zero attached hydrogens (tertiary/aromatic N) is 2. The van der Waals surface area contributed by atoms with Crippen LogP contribution in [-0.2, 0) is 0 Å². The molecule has 3 nitrogen and oxygen atoms in total. The van der Waals surface area contributed by atoms with Crippen LogP contribution in [-0.4, -0.2) is 9.97 Å². The Morgan fingerprint density at radius 3 is 3.15 bits per heavy atom. The van der Waals surface area contributed by atoms with Crippen molar-refractivity contribution in [1.82, 2.24) is 9.97 Å². The van der Waals surface area contributed by atoms with Crippen LogP contribution in [0.5, 0.6) is 0 Å². The third-order valence-electron chi connectivity index (χ3n) is 2.12. The van der Waals surface area contributed by atoms with Gasteiger partial charge in [0.25, 0.3) is 0 Å². The van der Waals surface area contributed by atoms with Crippen molar-refractivity contribution >= 4 is 21.9 Å². The number of aromatic nitrogens is 2. The second-order valence-electron chi connectivity index (χ2n) is 2.86. The highest BCUT2D eigenvalue weighted by Crippen LogP contribution is 2.22. The van der Waals surface area contributed by atoms with E-state index in [0.717, 1.165) is 21.9 Å². The lowest BCUT2D eigenvalue weighted by molar-refractivity contribution is 0.602. The highest BCUT2D eigenvalue weighted by atomic mass is 16.3. The Bertz CT molecular complexity index is 571. The van der Waals surface area contributed by atoms with Crippen molar-refractivity contribution < 1.29 is 4.42 Å². The number of oxazole rings is 1. The van der Waals surface area contributed by atoms with Gasteiger partial charge < -0.3 is 4.42 Å². The zero-order chi connectivity index (χ0) is 8.67. The van der Waals surface area contributed by atoms with Gasteiger partial charge in [-0.1, -0.05) is 0 Å². The molecule has 0 unspecified atom stereocenters. The maximum Gasteiger partial charge on any atom is 0.182 e. The highest BCUT2D eigenvalue weighted by molar-refractivity contribution is 6.02. The molecule has 1 aromatic carbocycles. The second-order valence-corrected chi connectivity index (χ2v) is 2.86. The molecule has 0 saturated heterocycles. The van der Waals surface area contributed by atoms with E-state index < -0.39 is 0 Å². The summed E-state index contributed by atoms with van der Waals surface area (Å²) in [6.45, 7) is 0. The van der Waals surface area contributed by atoms with Crippen LogP contribution in [0.3, 0.4) is 0 Å². The molecule has 2 heterocycles. The van der Waals surface area contributed by atoms with Crippen LogP contribution in [0.4, 0.5) is 0 Å². The van der Waals surface area contributed by atoms with Crippen molar-refractivity contribution in [3.63, 3.8) is 0 Å². The molecule has 0 aliphatic carbocycles. The maximum atomic E-state index is 5.19. The minimum absolute atomic E-state index is 0.818. The van der Waals surface area contributed by atoms with E-state index in [1.54, 1.807) is 6.20 Å². The molecule has 0 aliphatic rings. The van der Waals surface area contributed by atoms with Gasteiger partial charge in [-0.25, -0.2) is 4.98 Å². The standard InChI is InChI=1S/C10H6N2O/c1-2-9-10(12-6-13-9)8-3-4-11-5-7(1)8/h1-6H. The Morgan fingerprint density at radius 1 is 1.15 bits per heavy atom. The summed E-state index contributed by atoms with van der Waals surface area (Å²) < 4.78 is 5.19. The molecule has 13 heavy (non-hydrogen) atoms. The topological polar surface area (TPSA) is 38.9 Å². The van der Waals surface area contributed by atoms with Crippen LogP contribution < -0.4 is 0 Å². The molecular weight excluding hydrogens is 164 g/mol. The Kier molecular flexibility index (Phi) is 1.16. The van der Waals surface area contributed by atoms with Gasteiger partial charge in [0, 0.05) is 23.2 Å². The van der Waals surface area contributed by atoms with Crippen LogP contribution in [0, 0.1) is 0 Å². The van der Waals surface area contributed by atoms with Crippen molar-refractivity contribution in [2.45, 2.75) is 0 Å². The monoisotopic (exact) mass is 170 g/mol. The van der Waals surface area contributed by atoms with Gasteiger partial charge in [-0.15, -0.1) is 0 Å². The van der Waals surface area contributed by atoms with Crippen LogP contribution in [0.2, 0.25) is 0 Å². The molecule has 0 saturated carbocycles. The first kappa shape index (κ1) is 6.60. The van der Waals surface area contributed by atoms with E-state index in [0.29, 0.717) is 0 Å². The summed E-state index contributed by atoms with van der Waals surface area (Å²) in [6.07, 6.45) is 5.05. The molecule has 62 valence electrons. The SMILES string of the molecule is c1cc2c(ccc3ocnc32)cn1. The molecule has 2 aromatic heterocycles. The molecule has 3 aromatic rings. The Morgan fingerprint density at radius 2 is 2.15 bits per heavy atom. The van der Waals surface area contributed by atoms with Crippen molar-refractivity contribution in [1.29, 1.82) is 0 Å². The predicted octanol–water partition coefficient (Wildman–Crippen LogP) is 2.38. The fourth-order valence-corrected chi connectivity index (χ4v) is 1.50. The molecule has 0 radical (unpaired) electrons. The van der Waals surface area contributed by atoms with Crippen molar-refractivity contribution in [2.24, 2.45) is 0 Å². The lowest BCUT2D eigenvalue weighted by atomic mass is 10.1. The molecule has 0 atom stereocenters. The van der Waals surface area contributed by atoms with E-state index in [-0.39, 0.29) is 0 Å². The molecule has 0 aliphatic heterocycles. The Labute approximate surface area is 74.0 Å². The minimum atomic E-state index is 0.818. The van der Waals surface area contributed by atoms with E-state index in [4.69, 9.17) is 4.42 Å². The first-order valence-corrected chi connectivity index (χ1v) is 4.01. The average molecular weight is 170 g/mol. The number of benzene rings is 1. The summed E-state index contributed by atoms with van der Waals surface area (Å²) in [5, 5.41) is 2.17. The van der Waals surface area contributed by atoms with Gasteiger partial charge in [0.2, 0.25) is 0 Å². The van der Waals surface area contributed by atoms with Crippen molar-refractivity contribution in [2.75, 3.05) is 0 Å². The fraction of sp³-hybridized carbons (Fsp3) is 0. The normalized spacial score (nSPS) is 11.1. The van der Waals surface area contributed by atoms with Gasteiger partial charge in [0.15, 0.2) is 12.0 Å². The summed E-state index contributed by atoms with van der Waals surface area (Å²) in [6, 6.07) is 5.84. The summed E-state index contributed by atoms with van der Waals surface area (Å²) in [5.74, 6) is 0. The third kappa shape index (κ3) is 0.839. The third-order valence-corrected chi connectivity index (χ3v) is 2.12. The summed E-state index contributed by atoms with van der Waals surface area (Å²) in [7, 11) is 0. The minimum Gasteiger partial charge on any atom is -0.443 e. The van der Waals surface area contributed by atoms with Crippen LogP contribution in [0.15, 0.2) is 41.4 Å². The number of hydrogen-bond donors (Lipinski definition) is 0. The summed E-state index contributed by atoms with van der Waals surface area (Å²) >= 11 is 0. The van der Waals surface area contributed by atoms with Gasteiger partial charge in [-0.3, -0.25) is 4.98 Å². The first-order valence-electron chi connectivity index (χ1n) is 4.01. The maximum absolute atomic E-state index is 5.19. The number of pyridine rings is 1.